The van der Waals surface area contributed by atoms with Gasteiger partial charge in [0.05, 0.1) is 28.8 Å². The highest BCUT2D eigenvalue weighted by Crippen LogP contribution is 2.36. The summed E-state index contributed by atoms with van der Waals surface area (Å²) in [5.41, 5.74) is 7.18. The molecule has 0 saturated heterocycles. The van der Waals surface area contributed by atoms with Crippen LogP contribution < -0.4 is 16.0 Å². The average molecular weight is 442 g/mol. The van der Waals surface area contributed by atoms with Crippen molar-refractivity contribution in [2.24, 2.45) is 7.05 Å². The zero-order chi connectivity index (χ0) is 22.9. The second-order valence-electron chi connectivity index (χ2n) is 7.93. The minimum absolute atomic E-state index is 0.0980. The fourth-order valence-corrected chi connectivity index (χ4v) is 4.49. The molecule has 2 aliphatic rings. The topological polar surface area (TPSA) is 96.8 Å². The maximum Gasteiger partial charge on any atom is 0.254 e. The van der Waals surface area contributed by atoms with Crippen LogP contribution in [0.5, 0.6) is 0 Å². The molecule has 0 radical (unpaired) electrons. The molecule has 0 atom stereocenters. The Balaban J connectivity index is 0.00000111. The fourth-order valence-electron chi connectivity index (χ4n) is 4.49. The zero-order valence-corrected chi connectivity index (χ0v) is 19.1. The lowest BCUT2D eigenvalue weighted by Crippen LogP contribution is -2.24. The predicted octanol–water partition coefficient (Wildman–Crippen LogP) is 3.69. The summed E-state index contributed by atoms with van der Waals surface area (Å²) in [7, 11) is 1.97. The highest BCUT2D eigenvalue weighted by Gasteiger charge is 2.28. The van der Waals surface area contributed by atoms with E-state index in [9.17, 15) is 4.79 Å². The third-order valence-corrected chi connectivity index (χ3v) is 6.05. The maximum absolute atomic E-state index is 12.7. The number of nitrogens with one attached hydrogen (secondary N) is 3. The summed E-state index contributed by atoms with van der Waals surface area (Å²) in [6.07, 6.45) is 6.48. The molecule has 3 N–H and O–H groups in total. The van der Waals surface area contributed by atoms with Crippen LogP contribution in [0.25, 0.3) is 22.3 Å². The second-order valence-corrected chi connectivity index (χ2v) is 7.93. The van der Waals surface area contributed by atoms with Gasteiger partial charge in [-0.1, -0.05) is 19.9 Å². The molecule has 4 aromatic heterocycles. The van der Waals surface area contributed by atoms with E-state index in [0.717, 1.165) is 53.1 Å². The molecular formula is C25H27N7O. The van der Waals surface area contributed by atoms with Gasteiger partial charge in [0.25, 0.3) is 5.91 Å². The molecule has 8 heteroatoms. The van der Waals surface area contributed by atoms with Crippen molar-refractivity contribution in [1.82, 2.24) is 30.2 Å². The van der Waals surface area contributed by atoms with E-state index in [1.165, 1.54) is 5.56 Å². The van der Waals surface area contributed by atoms with Gasteiger partial charge in [0, 0.05) is 49.0 Å². The van der Waals surface area contributed by atoms with Crippen LogP contribution in [-0.2, 0) is 26.6 Å². The van der Waals surface area contributed by atoms with Gasteiger partial charge in [-0.3, -0.25) is 9.78 Å². The molecule has 0 aromatic carbocycles. The van der Waals surface area contributed by atoms with Gasteiger partial charge >= 0.3 is 0 Å². The van der Waals surface area contributed by atoms with Crippen LogP contribution in [0.4, 0.5) is 11.5 Å². The molecule has 0 bridgehead atoms. The SMILES string of the molecule is CC.Cn1ccc2c(-c3ncc(Nc4ccc5c(n4)CNCC5)c4c3CNC4=O)ccnc21. The van der Waals surface area contributed by atoms with Gasteiger partial charge in [-0.25, -0.2) is 9.97 Å². The van der Waals surface area contributed by atoms with Crippen LogP contribution in [0.2, 0.25) is 0 Å². The third-order valence-electron chi connectivity index (χ3n) is 6.05. The number of pyridine rings is 3. The summed E-state index contributed by atoms with van der Waals surface area (Å²) >= 11 is 0. The maximum atomic E-state index is 12.7. The first-order valence-electron chi connectivity index (χ1n) is 11.4. The number of fused-ring (bicyclic) bond motifs is 3. The molecule has 0 unspecified atom stereocenters. The van der Waals surface area contributed by atoms with Gasteiger partial charge in [-0.2, -0.15) is 0 Å². The lowest BCUT2D eigenvalue weighted by atomic mass is 10.0. The minimum Gasteiger partial charge on any atom is -0.348 e. The fraction of sp³-hybridized carbons (Fsp3) is 0.280. The number of nitrogens with zero attached hydrogens (tertiary/aromatic N) is 4. The number of aryl methyl sites for hydroxylation is 1. The lowest BCUT2D eigenvalue weighted by molar-refractivity contribution is 0.0966. The molecule has 6 rings (SSSR count). The molecule has 4 aromatic rings. The Morgan fingerprint density at radius 3 is 2.85 bits per heavy atom. The van der Waals surface area contributed by atoms with E-state index in [-0.39, 0.29) is 5.91 Å². The Bertz CT molecular complexity index is 1360. The molecule has 6 heterocycles. The van der Waals surface area contributed by atoms with Crippen molar-refractivity contribution in [1.29, 1.82) is 0 Å². The van der Waals surface area contributed by atoms with Crippen LogP contribution in [0.1, 0.15) is 41.0 Å². The first-order valence-corrected chi connectivity index (χ1v) is 11.4. The van der Waals surface area contributed by atoms with Gasteiger partial charge in [0.1, 0.15) is 11.5 Å². The quantitative estimate of drug-likeness (QED) is 0.449. The number of anilines is 2. The van der Waals surface area contributed by atoms with E-state index in [1.54, 1.807) is 12.4 Å². The van der Waals surface area contributed by atoms with Crippen molar-refractivity contribution >= 4 is 28.4 Å². The normalized spacial score (nSPS) is 14.2. The first-order chi connectivity index (χ1) is 16.2. The number of aromatic nitrogens is 4. The largest absolute Gasteiger partial charge is 0.348 e. The second kappa shape index (κ2) is 8.63. The van der Waals surface area contributed by atoms with E-state index in [4.69, 9.17) is 9.97 Å². The van der Waals surface area contributed by atoms with Gasteiger partial charge in [-0.15, -0.1) is 0 Å². The number of carbonyl (C=O) groups excluding carboxylic acids is 1. The van der Waals surface area contributed by atoms with Crippen molar-refractivity contribution < 1.29 is 4.79 Å². The van der Waals surface area contributed by atoms with Crippen molar-refractivity contribution in [2.45, 2.75) is 33.4 Å². The summed E-state index contributed by atoms with van der Waals surface area (Å²) in [4.78, 5) is 26.7. The van der Waals surface area contributed by atoms with Crippen LogP contribution >= 0.6 is 0 Å². The van der Waals surface area contributed by atoms with Crippen molar-refractivity contribution in [3.8, 4) is 11.3 Å². The van der Waals surface area contributed by atoms with E-state index in [1.807, 2.05) is 49.9 Å². The summed E-state index contributed by atoms with van der Waals surface area (Å²) in [6, 6.07) is 8.07. The monoisotopic (exact) mass is 441 g/mol. The molecule has 1 amide bonds. The van der Waals surface area contributed by atoms with Crippen molar-refractivity contribution in [3.63, 3.8) is 0 Å². The Hall–Kier alpha value is -3.78. The van der Waals surface area contributed by atoms with E-state index >= 15 is 0 Å². The molecule has 8 nitrogen and oxygen atoms in total. The average Bonchev–Trinajstić information content (AvgIpc) is 3.44. The predicted molar refractivity (Wildman–Crippen MR) is 129 cm³/mol. The molecule has 168 valence electrons. The van der Waals surface area contributed by atoms with Crippen LogP contribution in [0.3, 0.4) is 0 Å². The van der Waals surface area contributed by atoms with Crippen LogP contribution in [0.15, 0.2) is 42.9 Å². The van der Waals surface area contributed by atoms with Gasteiger partial charge in [0.2, 0.25) is 0 Å². The molecule has 0 aliphatic carbocycles. The summed E-state index contributed by atoms with van der Waals surface area (Å²) in [5.74, 6) is 0.618. The highest BCUT2D eigenvalue weighted by molar-refractivity contribution is 6.06. The molecule has 33 heavy (non-hydrogen) atoms. The summed E-state index contributed by atoms with van der Waals surface area (Å²) in [5, 5.41) is 10.6. The Labute approximate surface area is 192 Å². The first kappa shape index (κ1) is 21.1. The molecule has 2 aliphatic heterocycles. The van der Waals surface area contributed by atoms with E-state index in [0.29, 0.717) is 23.6 Å². The molecule has 0 spiro atoms. The Morgan fingerprint density at radius 1 is 1.09 bits per heavy atom. The van der Waals surface area contributed by atoms with Gasteiger partial charge in [0.15, 0.2) is 0 Å². The highest BCUT2D eigenvalue weighted by atomic mass is 16.1. The van der Waals surface area contributed by atoms with Crippen LogP contribution in [-0.4, -0.2) is 32.0 Å². The molecule has 0 fully saturated rings. The van der Waals surface area contributed by atoms with E-state index < -0.39 is 0 Å². The van der Waals surface area contributed by atoms with Gasteiger partial charge in [-0.05, 0) is 36.7 Å². The third kappa shape index (κ3) is 3.62. The minimum atomic E-state index is -0.0980. The molecular weight excluding hydrogens is 414 g/mol. The lowest BCUT2D eigenvalue weighted by Gasteiger charge is -2.18. The van der Waals surface area contributed by atoms with E-state index in [2.05, 4.69) is 27.0 Å². The van der Waals surface area contributed by atoms with Gasteiger partial charge < -0.3 is 20.5 Å². The van der Waals surface area contributed by atoms with Crippen molar-refractivity contribution in [3.05, 3.63) is 65.2 Å². The molecule has 0 saturated carbocycles. The summed E-state index contributed by atoms with van der Waals surface area (Å²) < 4.78 is 1.98. The summed E-state index contributed by atoms with van der Waals surface area (Å²) in [6.45, 7) is 6.18. The smallest absolute Gasteiger partial charge is 0.254 e. The number of hydrogen-bond acceptors (Lipinski definition) is 6. The Morgan fingerprint density at radius 2 is 1.97 bits per heavy atom. The standard InChI is InChI=1S/C23H21N7O.C2H6/c1-30-9-6-15-14(5-8-25-22(15)30)21-16-10-27-23(31)20(16)18(12-26-21)29-19-3-2-13-4-7-24-11-17(13)28-19;1-2/h2-3,5-6,8-9,12,24H,4,7,10-11H2,1H3,(H,27,31)(H,28,29);1-2H3. The number of carbonyl (C=O) groups is 1. The zero-order valence-electron chi connectivity index (χ0n) is 19.1. The van der Waals surface area contributed by atoms with Crippen molar-refractivity contribution in [2.75, 3.05) is 11.9 Å². The number of amides is 1. The number of hydrogen-bond donors (Lipinski definition) is 3. The number of rotatable bonds is 3. The Kier molecular flexibility index (Phi) is 5.51. The van der Waals surface area contributed by atoms with Crippen LogP contribution in [0, 0.1) is 0 Å².